The molecule has 3 rings (SSSR count). The smallest absolute Gasteiger partial charge is 0.223 e. The molecule has 0 fully saturated rings. The number of fused-ring (bicyclic) bond motifs is 1. The molecule has 1 aromatic carbocycles. The van der Waals surface area contributed by atoms with Crippen LogP contribution in [0, 0.1) is 12.7 Å². The molecule has 4 nitrogen and oxygen atoms in total. The maximum atomic E-state index is 13.6. The summed E-state index contributed by atoms with van der Waals surface area (Å²) in [6, 6.07) is 5.43. The maximum absolute atomic E-state index is 13.6. The van der Waals surface area contributed by atoms with Gasteiger partial charge < -0.3 is 9.84 Å². The number of hydrogen-bond acceptors (Lipinski definition) is 4. The van der Waals surface area contributed by atoms with E-state index in [1.807, 2.05) is 6.07 Å². The highest BCUT2D eigenvalue weighted by Crippen LogP contribution is 2.32. The Balaban J connectivity index is 1.71. The summed E-state index contributed by atoms with van der Waals surface area (Å²) in [7, 11) is 0. The largest absolute Gasteiger partial charge is 0.340 e. The van der Waals surface area contributed by atoms with Gasteiger partial charge in [-0.1, -0.05) is 17.3 Å². The van der Waals surface area contributed by atoms with E-state index in [1.165, 1.54) is 6.07 Å². The first-order valence-electron chi connectivity index (χ1n) is 6.04. The van der Waals surface area contributed by atoms with Crippen LogP contribution < -0.4 is 5.32 Å². The van der Waals surface area contributed by atoms with Crippen LogP contribution >= 0.6 is 0 Å². The van der Waals surface area contributed by atoms with Crippen molar-refractivity contribution in [3.63, 3.8) is 0 Å². The molecule has 5 heteroatoms. The summed E-state index contributed by atoms with van der Waals surface area (Å²) < 4.78 is 18.5. The zero-order valence-electron chi connectivity index (χ0n) is 10.1. The minimum Gasteiger partial charge on any atom is -0.340 e. The number of rotatable bonds is 3. The van der Waals surface area contributed by atoms with Crippen molar-refractivity contribution in [3.05, 3.63) is 46.9 Å². The molecule has 0 radical (unpaired) electrons. The van der Waals surface area contributed by atoms with Crippen LogP contribution in [-0.4, -0.2) is 10.1 Å². The van der Waals surface area contributed by atoms with E-state index in [4.69, 9.17) is 4.52 Å². The van der Waals surface area contributed by atoms with Crippen molar-refractivity contribution in [2.75, 3.05) is 0 Å². The molecule has 1 atom stereocenters. The SMILES string of the molecule is Cc1nc(CNC2CCc3c(F)cccc32)no1. The molecule has 0 amide bonds. The summed E-state index contributed by atoms with van der Waals surface area (Å²) in [4.78, 5) is 4.13. The van der Waals surface area contributed by atoms with Crippen molar-refractivity contribution in [2.24, 2.45) is 0 Å². The first-order valence-corrected chi connectivity index (χ1v) is 6.04. The summed E-state index contributed by atoms with van der Waals surface area (Å²) in [5.41, 5.74) is 1.88. The lowest BCUT2D eigenvalue weighted by Crippen LogP contribution is -2.19. The van der Waals surface area contributed by atoms with Crippen LogP contribution in [0.2, 0.25) is 0 Å². The van der Waals surface area contributed by atoms with Gasteiger partial charge in [-0.05, 0) is 30.0 Å². The Bertz CT molecular complexity index is 567. The fourth-order valence-corrected chi connectivity index (χ4v) is 2.45. The minimum atomic E-state index is -0.104. The second kappa shape index (κ2) is 4.49. The van der Waals surface area contributed by atoms with Crippen LogP contribution in [-0.2, 0) is 13.0 Å². The van der Waals surface area contributed by atoms with Crippen molar-refractivity contribution in [2.45, 2.75) is 32.4 Å². The van der Waals surface area contributed by atoms with Crippen LogP contribution in [0.1, 0.15) is 35.3 Å². The average Bonchev–Trinajstić information content (AvgIpc) is 2.94. The van der Waals surface area contributed by atoms with Crippen molar-refractivity contribution in [3.8, 4) is 0 Å². The normalized spacial score (nSPS) is 18.0. The third-order valence-electron chi connectivity index (χ3n) is 3.29. The Morgan fingerprint density at radius 1 is 1.50 bits per heavy atom. The molecule has 18 heavy (non-hydrogen) atoms. The van der Waals surface area contributed by atoms with Crippen molar-refractivity contribution in [1.82, 2.24) is 15.5 Å². The number of aryl methyl sites for hydroxylation is 1. The highest BCUT2D eigenvalue weighted by molar-refractivity contribution is 5.35. The number of hydrogen-bond donors (Lipinski definition) is 1. The quantitative estimate of drug-likeness (QED) is 0.904. The molecule has 1 aliphatic rings. The van der Waals surface area contributed by atoms with Crippen LogP contribution in [0.15, 0.2) is 22.7 Å². The van der Waals surface area contributed by atoms with E-state index in [1.54, 1.807) is 13.0 Å². The third kappa shape index (κ3) is 2.01. The Morgan fingerprint density at radius 3 is 3.17 bits per heavy atom. The van der Waals surface area contributed by atoms with Gasteiger partial charge in [0.2, 0.25) is 5.89 Å². The highest BCUT2D eigenvalue weighted by Gasteiger charge is 2.24. The van der Waals surface area contributed by atoms with E-state index in [0.29, 0.717) is 18.3 Å². The summed E-state index contributed by atoms with van der Waals surface area (Å²) >= 11 is 0. The Labute approximate surface area is 104 Å². The van der Waals surface area contributed by atoms with Gasteiger partial charge in [0.15, 0.2) is 5.82 Å². The first-order chi connectivity index (χ1) is 8.74. The molecule has 1 aliphatic carbocycles. The van der Waals surface area contributed by atoms with Gasteiger partial charge in [0.1, 0.15) is 5.82 Å². The first kappa shape index (κ1) is 11.3. The van der Waals surface area contributed by atoms with Crippen molar-refractivity contribution >= 4 is 0 Å². The summed E-state index contributed by atoms with van der Waals surface area (Å²) in [5, 5.41) is 7.17. The van der Waals surface area contributed by atoms with Crippen LogP contribution in [0.3, 0.4) is 0 Å². The van der Waals surface area contributed by atoms with Crippen molar-refractivity contribution in [1.29, 1.82) is 0 Å². The summed E-state index contributed by atoms with van der Waals surface area (Å²) in [5.74, 6) is 1.09. The van der Waals surface area contributed by atoms with Crippen LogP contribution in [0.5, 0.6) is 0 Å². The third-order valence-corrected chi connectivity index (χ3v) is 3.29. The fraction of sp³-hybridized carbons (Fsp3) is 0.385. The number of benzene rings is 1. The molecule has 0 bridgehead atoms. The standard InChI is InChI=1S/C13H14FN3O/c1-8-16-13(17-18-8)7-15-12-6-5-9-10(12)3-2-4-11(9)14/h2-4,12,15H,5-7H2,1H3. The molecule has 1 aromatic heterocycles. The highest BCUT2D eigenvalue weighted by atomic mass is 19.1. The predicted octanol–water partition coefficient (Wildman–Crippen LogP) is 2.29. The predicted molar refractivity (Wildman–Crippen MR) is 63.3 cm³/mol. The molecule has 1 unspecified atom stereocenters. The molecule has 0 saturated carbocycles. The number of aromatic nitrogens is 2. The topological polar surface area (TPSA) is 51.0 Å². The lowest BCUT2D eigenvalue weighted by Gasteiger charge is -2.12. The Hall–Kier alpha value is -1.75. The molecule has 2 aromatic rings. The van der Waals surface area contributed by atoms with E-state index in [0.717, 1.165) is 24.0 Å². The maximum Gasteiger partial charge on any atom is 0.223 e. The minimum absolute atomic E-state index is 0.104. The van der Waals surface area contributed by atoms with Gasteiger partial charge in [0.05, 0.1) is 6.54 Å². The van der Waals surface area contributed by atoms with Crippen molar-refractivity contribution < 1.29 is 8.91 Å². The molecular weight excluding hydrogens is 233 g/mol. The van der Waals surface area contributed by atoms with Gasteiger partial charge in [0, 0.05) is 13.0 Å². The average molecular weight is 247 g/mol. The van der Waals surface area contributed by atoms with E-state index in [-0.39, 0.29) is 11.9 Å². The Kier molecular flexibility index (Phi) is 2.83. The van der Waals surface area contributed by atoms with Gasteiger partial charge in [-0.3, -0.25) is 0 Å². The monoisotopic (exact) mass is 247 g/mol. The second-order valence-electron chi connectivity index (χ2n) is 4.51. The van der Waals surface area contributed by atoms with E-state index in [9.17, 15) is 4.39 Å². The van der Waals surface area contributed by atoms with Crippen LogP contribution in [0.25, 0.3) is 0 Å². The summed E-state index contributed by atoms with van der Waals surface area (Å²) in [6.45, 7) is 2.30. The molecule has 0 spiro atoms. The van der Waals surface area contributed by atoms with Gasteiger partial charge in [0.25, 0.3) is 0 Å². The van der Waals surface area contributed by atoms with E-state index >= 15 is 0 Å². The number of nitrogens with zero attached hydrogens (tertiary/aromatic N) is 2. The van der Waals surface area contributed by atoms with Gasteiger partial charge in [-0.2, -0.15) is 4.98 Å². The van der Waals surface area contributed by atoms with Gasteiger partial charge in [-0.25, -0.2) is 4.39 Å². The van der Waals surface area contributed by atoms with E-state index < -0.39 is 0 Å². The molecule has 94 valence electrons. The second-order valence-corrected chi connectivity index (χ2v) is 4.51. The summed E-state index contributed by atoms with van der Waals surface area (Å²) in [6.07, 6.45) is 1.69. The van der Waals surface area contributed by atoms with E-state index in [2.05, 4.69) is 15.5 Å². The molecule has 1 heterocycles. The molecule has 0 saturated heterocycles. The van der Waals surface area contributed by atoms with Crippen LogP contribution in [0.4, 0.5) is 4.39 Å². The lowest BCUT2D eigenvalue weighted by atomic mass is 10.1. The zero-order valence-corrected chi connectivity index (χ0v) is 10.1. The van der Waals surface area contributed by atoms with Gasteiger partial charge >= 0.3 is 0 Å². The lowest BCUT2D eigenvalue weighted by molar-refractivity contribution is 0.383. The number of halogens is 1. The number of nitrogens with one attached hydrogen (secondary N) is 1. The Morgan fingerprint density at radius 2 is 2.39 bits per heavy atom. The molecule has 1 N–H and O–H groups in total. The fourth-order valence-electron chi connectivity index (χ4n) is 2.45. The van der Waals surface area contributed by atoms with Gasteiger partial charge in [-0.15, -0.1) is 0 Å². The molecular formula is C13H14FN3O. The molecule has 0 aliphatic heterocycles. The zero-order chi connectivity index (χ0) is 12.5.